The number of hydrogen-bond acceptors (Lipinski definition) is 2. The Morgan fingerprint density at radius 2 is 2.13 bits per heavy atom. The summed E-state index contributed by atoms with van der Waals surface area (Å²) in [6.07, 6.45) is 5.82. The molecule has 82 valence electrons. The first-order chi connectivity index (χ1) is 7.24. The highest BCUT2D eigenvalue weighted by molar-refractivity contribution is 5.17. The fourth-order valence-electron chi connectivity index (χ4n) is 1.57. The van der Waals surface area contributed by atoms with Gasteiger partial charge in [0.15, 0.2) is 0 Å². The topological polar surface area (TPSA) is 24.9 Å². The molecule has 0 aliphatic heterocycles. The lowest BCUT2D eigenvalue weighted by molar-refractivity contribution is 0.527. The second-order valence-corrected chi connectivity index (χ2v) is 3.95. The minimum absolute atomic E-state index is 0.380. The maximum Gasteiger partial charge on any atom is 0.0358 e. The van der Waals surface area contributed by atoms with Crippen molar-refractivity contribution in [3.05, 3.63) is 42.2 Å². The van der Waals surface area contributed by atoms with Gasteiger partial charge in [0.2, 0.25) is 0 Å². The van der Waals surface area contributed by atoms with Crippen molar-refractivity contribution in [3.63, 3.8) is 0 Å². The largest absolute Gasteiger partial charge is 0.310 e. The van der Waals surface area contributed by atoms with Crippen molar-refractivity contribution in [1.29, 1.82) is 0 Å². The number of hydrogen-bond donors (Lipinski definition) is 1. The summed E-state index contributed by atoms with van der Waals surface area (Å²) in [5, 5.41) is 3.53. The predicted octanol–water partition coefficient (Wildman–Crippen LogP) is 3.09. The molecule has 1 aromatic rings. The van der Waals surface area contributed by atoms with Crippen LogP contribution in [0.1, 0.15) is 38.3 Å². The molecule has 0 spiro atoms. The van der Waals surface area contributed by atoms with E-state index in [0.717, 1.165) is 19.4 Å². The Labute approximate surface area is 92.4 Å². The molecule has 1 rings (SSSR count). The minimum Gasteiger partial charge on any atom is -0.310 e. The summed E-state index contributed by atoms with van der Waals surface area (Å²) >= 11 is 0. The van der Waals surface area contributed by atoms with Crippen LogP contribution in [0.2, 0.25) is 0 Å². The van der Waals surface area contributed by atoms with E-state index in [-0.39, 0.29) is 0 Å². The van der Waals surface area contributed by atoms with Crippen molar-refractivity contribution >= 4 is 0 Å². The second kappa shape index (κ2) is 6.36. The average molecular weight is 204 g/mol. The first-order valence-electron chi connectivity index (χ1n) is 5.51. The third-order valence-corrected chi connectivity index (χ3v) is 2.30. The molecule has 1 unspecified atom stereocenters. The smallest absolute Gasteiger partial charge is 0.0358 e. The summed E-state index contributed by atoms with van der Waals surface area (Å²) in [5.41, 5.74) is 2.50. The monoisotopic (exact) mass is 204 g/mol. The van der Waals surface area contributed by atoms with Crippen LogP contribution in [0.4, 0.5) is 0 Å². The molecule has 1 aromatic heterocycles. The van der Waals surface area contributed by atoms with Gasteiger partial charge in [0.25, 0.3) is 0 Å². The zero-order valence-electron chi connectivity index (χ0n) is 9.66. The van der Waals surface area contributed by atoms with Crippen molar-refractivity contribution in [2.75, 3.05) is 6.54 Å². The van der Waals surface area contributed by atoms with Crippen molar-refractivity contribution in [3.8, 4) is 0 Å². The molecular weight excluding hydrogens is 184 g/mol. The summed E-state index contributed by atoms with van der Waals surface area (Å²) in [7, 11) is 0. The quantitative estimate of drug-likeness (QED) is 0.720. The van der Waals surface area contributed by atoms with Gasteiger partial charge < -0.3 is 5.32 Å². The van der Waals surface area contributed by atoms with Gasteiger partial charge in [-0.25, -0.2) is 0 Å². The molecule has 0 radical (unpaired) electrons. The highest BCUT2D eigenvalue weighted by Crippen LogP contribution is 2.19. The third kappa shape index (κ3) is 4.26. The van der Waals surface area contributed by atoms with Crippen molar-refractivity contribution in [1.82, 2.24) is 10.3 Å². The first-order valence-corrected chi connectivity index (χ1v) is 5.51. The Kier molecular flexibility index (Phi) is 5.05. The molecule has 1 atom stereocenters. The highest BCUT2D eigenvalue weighted by atomic mass is 14.9. The number of rotatable bonds is 6. The molecule has 0 aliphatic rings. The van der Waals surface area contributed by atoms with Crippen LogP contribution in [-0.2, 0) is 0 Å². The van der Waals surface area contributed by atoms with E-state index in [0.29, 0.717) is 6.04 Å². The van der Waals surface area contributed by atoms with E-state index in [4.69, 9.17) is 0 Å². The molecule has 0 fully saturated rings. The molecule has 0 aliphatic carbocycles. The Hall–Kier alpha value is -1.15. The fraction of sp³-hybridized carbons (Fsp3) is 0.462. The lowest BCUT2D eigenvalue weighted by Gasteiger charge is -2.18. The van der Waals surface area contributed by atoms with Crippen LogP contribution in [0, 0.1) is 0 Å². The third-order valence-electron chi connectivity index (χ3n) is 2.30. The predicted molar refractivity (Wildman–Crippen MR) is 64.7 cm³/mol. The maximum atomic E-state index is 4.04. The van der Waals surface area contributed by atoms with Crippen LogP contribution >= 0.6 is 0 Å². The standard InChI is InChI=1S/C13H20N2/c1-4-7-15-13(10-11(2)3)12-5-8-14-9-6-12/h5-6,8-9,13,15H,2,4,7,10H2,1,3H3. The normalized spacial score (nSPS) is 12.4. The molecule has 1 heterocycles. The fourth-order valence-corrected chi connectivity index (χ4v) is 1.57. The number of nitrogens with zero attached hydrogens (tertiary/aromatic N) is 1. The van der Waals surface area contributed by atoms with Gasteiger partial charge >= 0.3 is 0 Å². The number of nitrogens with one attached hydrogen (secondary N) is 1. The Balaban J connectivity index is 2.67. The zero-order chi connectivity index (χ0) is 11.1. The second-order valence-electron chi connectivity index (χ2n) is 3.95. The van der Waals surface area contributed by atoms with E-state index in [1.807, 2.05) is 12.4 Å². The van der Waals surface area contributed by atoms with Crippen LogP contribution in [-0.4, -0.2) is 11.5 Å². The average Bonchev–Trinajstić information content (AvgIpc) is 2.25. The molecule has 0 saturated carbocycles. The van der Waals surface area contributed by atoms with Gasteiger partial charge in [0, 0.05) is 18.4 Å². The van der Waals surface area contributed by atoms with Crippen LogP contribution in [0.3, 0.4) is 0 Å². The molecular formula is C13H20N2. The SMILES string of the molecule is C=C(C)CC(NCCC)c1ccncc1. The summed E-state index contributed by atoms with van der Waals surface area (Å²) in [5.74, 6) is 0. The molecule has 2 heteroatoms. The zero-order valence-corrected chi connectivity index (χ0v) is 9.66. The van der Waals surface area contributed by atoms with Gasteiger partial charge in [-0.05, 0) is 44.0 Å². The van der Waals surface area contributed by atoms with Crippen LogP contribution in [0.5, 0.6) is 0 Å². The van der Waals surface area contributed by atoms with Crippen LogP contribution in [0.15, 0.2) is 36.7 Å². The van der Waals surface area contributed by atoms with Crippen LogP contribution < -0.4 is 5.32 Å². The summed E-state index contributed by atoms with van der Waals surface area (Å²) < 4.78 is 0. The molecule has 15 heavy (non-hydrogen) atoms. The highest BCUT2D eigenvalue weighted by Gasteiger charge is 2.09. The molecule has 0 bridgehead atoms. The van der Waals surface area contributed by atoms with Crippen LogP contribution in [0.25, 0.3) is 0 Å². The Morgan fingerprint density at radius 3 is 2.67 bits per heavy atom. The molecule has 0 aromatic carbocycles. The van der Waals surface area contributed by atoms with E-state index in [1.54, 1.807) is 0 Å². The van der Waals surface area contributed by atoms with Gasteiger partial charge in [-0.15, -0.1) is 6.58 Å². The van der Waals surface area contributed by atoms with E-state index in [1.165, 1.54) is 11.1 Å². The van der Waals surface area contributed by atoms with Crippen molar-refractivity contribution < 1.29 is 0 Å². The van der Waals surface area contributed by atoms with Gasteiger partial charge in [0.1, 0.15) is 0 Å². The maximum absolute atomic E-state index is 4.04. The lowest BCUT2D eigenvalue weighted by atomic mass is 10.0. The van der Waals surface area contributed by atoms with Gasteiger partial charge in [-0.1, -0.05) is 12.5 Å². The van der Waals surface area contributed by atoms with E-state index < -0.39 is 0 Å². The van der Waals surface area contributed by atoms with Crippen molar-refractivity contribution in [2.24, 2.45) is 0 Å². The summed E-state index contributed by atoms with van der Waals surface area (Å²) in [4.78, 5) is 4.04. The van der Waals surface area contributed by atoms with E-state index in [2.05, 4.69) is 42.9 Å². The Bertz CT molecular complexity index is 293. The van der Waals surface area contributed by atoms with Gasteiger partial charge in [-0.2, -0.15) is 0 Å². The lowest BCUT2D eigenvalue weighted by Crippen LogP contribution is -2.22. The summed E-state index contributed by atoms with van der Waals surface area (Å²) in [6.45, 7) is 9.26. The molecule has 0 saturated heterocycles. The Morgan fingerprint density at radius 1 is 1.47 bits per heavy atom. The first kappa shape index (κ1) is 11.9. The van der Waals surface area contributed by atoms with Gasteiger partial charge in [-0.3, -0.25) is 4.98 Å². The molecule has 1 N–H and O–H groups in total. The van der Waals surface area contributed by atoms with Crippen molar-refractivity contribution in [2.45, 2.75) is 32.7 Å². The van der Waals surface area contributed by atoms with Gasteiger partial charge in [0.05, 0.1) is 0 Å². The van der Waals surface area contributed by atoms with E-state index >= 15 is 0 Å². The minimum atomic E-state index is 0.380. The summed E-state index contributed by atoms with van der Waals surface area (Å²) in [6, 6.07) is 4.51. The molecule has 2 nitrogen and oxygen atoms in total. The molecule has 0 amide bonds. The number of pyridine rings is 1. The van der Waals surface area contributed by atoms with E-state index in [9.17, 15) is 0 Å². The number of aromatic nitrogens is 1.